The highest BCUT2D eigenvalue weighted by Gasteiger charge is 2.16. The molecule has 0 heterocycles. The lowest BCUT2D eigenvalue weighted by Gasteiger charge is -2.10. The third-order valence-electron chi connectivity index (χ3n) is 5.04. The number of fused-ring (bicyclic) bond motifs is 1. The van der Waals surface area contributed by atoms with E-state index in [0.717, 1.165) is 10.8 Å². The van der Waals surface area contributed by atoms with E-state index in [1.54, 1.807) is 48.5 Å². The van der Waals surface area contributed by atoms with Crippen LogP contribution in [0, 0.1) is 11.3 Å². The second-order valence-electron chi connectivity index (χ2n) is 7.33. The number of nitriles is 1. The number of nitrogens with one attached hydrogen (secondary N) is 1. The van der Waals surface area contributed by atoms with Crippen molar-refractivity contribution in [3.8, 4) is 11.8 Å². The van der Waals surface area contributed by atoms with Gasteiger partial charge in [-0.2, -0.15) is 5.26 Å². The molecule has 0 saturated heterocycles. The molecule has 35 heavy (non-hydrogen) atoms. The predicted molar refractivity (Wildman–Crippen MR) is 142 cm³/mol. The standard InChI is InChI=1S/C27H15BrCl2N2O3/c28-21-14-16(13-18(15-31)26(33)32-23-10-4-9-22(29)25(23)30)11-12-24(21)35-27(34)20-8-3-6-17-5-1-2-7-19(17)20/h1-14H,(H,32,33)/b18-13+. The molecule has 4 aromatic carbocycles. The van der Waals surface area contributed by atoms with E-state index in [1.807, 2.05) is 36.4 Å². The predicted octanol–water partition coefficient (Wildman–Crippen LogP) is 7.67. The first-order valence-corrected chi connectivity index (χ1v) is 11.8. The molecule has 0 bridgehead atoms. The quantitative estimate of drug-likeness (QED) is 0.116. The van der Waals surface area contributed by atoms with Crippen LogP contribution in [0.25, 0.3) is 16.8 Å². The fourth-order valence-electron chi connectivity index (χ4n) is 3.35. The molecular formula is C27H15BrCl2N2O3. The number of carbonyl (C=O) groups is 2. The van der Waals surface area contributed by atoms with Gasteiger partial charge in [0.1, 0.15) is 17.4 Å². The normalized spacial score (nSPS) is 11.1. The Morgan fingerprint density at radius 1 is 0.971 bits per heavy atom. The SMILES string of the molecule is N#C/C(=C\c1ccc(OC(=O)c2cccc3ccccc23)c(Br)c1)C(=O)Nc1cccc(Cl)c1Cl. The van der Waals surface area contributed by atoms with Gasteiger partial charge in [0.05, 0.1) is 25.8 Å². The maximum Gasteiger partial charge on any atom is 0.344 e. The Labute approximate surface area is 219 Å². The second kappa shape index (κ2) is 10.7. The number of amides is 1. The van der Waals surface area contributed by atoms with Crippen LogP contribution in [0.1, 0.15) is 15.9 Å². The van der Waals surface area contributed by atoms with Gasteiger partial charge in [0, 0.05) is 0 Å². The summed E-state index contributed by atoms with van der Waals surface area (Å²) in [6, 6.07) is 24.5. The molecule has 0 spiro atoms. The first-order chi connectivity index (χ1) is 16.9. The Morgan fingerprint density at radius 2 is 1.71 bits per heavy atom. The number of esters is 1. The molecule has 0 aliphatic carbocycles. The molecular weight excluding hydrogens is 551 g/mol. The minimum atomic E-state index is -0.640. The van der Waals surface area contributed by atoms with Crippen molar-refractivity contribution in [2.24, 2.45) is 0 Å². The van der Waals surface area contributed by atoms with E-state index in [2.05, 4.69) is 21.2 Å². The summed E-state index contributed by atoms with van der Waals surface area (Å²) in [5.74, 6) is -0.839. The van der Waals surface area contributed by atoms with Crippen LogP contribution in [0.5, 0.6) is 5.75 Å². The van der Waals surface area contributed by atoms with Gasteiger partial charge < -0.3 is 10.1 Å². The zero-order chi connectivity index (χ0) is 24.9. The Balaban J connectivity index is 1.54. The Kier molecular flexibility index (Phi) is 7.52. The number of benzene rings is 4. The van der Waals surface area contributed by atoms with E-state index < -0.39 is 11.9 Å². The fraction of sp³-hybridized carbons (Fsp3) is 0. The molecule has 0 atom stereocenters. The van der Waals surface area contributed by atoms with E-state index in [-0.39, 0.29) is 15.6 Å². The molecule has 1 N–H and O–H groups in total. The molecule has 0 aliphatic rings. The molecule has 1 amide bonds. The molecule has 4 aromatic rings. The smallest absolute Gasteiger partial charge is 0.344 e. The fourth-order valence-corrected chi connectivity index (χ4v) is 4.18. The van der Waals surface area contributed by atoms with E-state index in [9.17, 15) is 14.9 Å². The van der Waals surface area contributed by atoms with Crippen LogP contribution in [0.4, 0.5) is 5.69 Å². The molecule has 0 saturated carbocycles. The summed E-state index contributed by atoms with van der Waals surface area (Å²) >= 11 is 15.5. The summed E-state index contributed by atoms with van der Waals surface area (Å²) in [6.45, 7) is 0. The second-order valence-corrected chi connectivity index (χ2v) is 8.97. The van der Waals surface area contributed by atoms with Gasteiger partial charge in [0.25, 0.3) is 5.91 Å². The van der Waals surface area contributed by atoms with Crippen LogP contribution in [-0.4, -0.2) is 11.9 Å². The summed E-state index contributed by atoms with van der Waals surface area (Å²) in [6.07, 6.45) is 1.41. The van der Waals surface area contributed by atoms with Crippen molar-refractivity contribution >= 4 is 73.5 Å². The first kappa shape index (κ1) is 24.5. The molecule has 8 heteroatoms. The van der Waals surface area contributed by atoms with Crippen LogP contribution >= 0.6 is 39.1 Å². The van der Waals surface area contributed by atoms with Crippen LogP contribution in [0.2, 0.25) is 10.0 Å². The van der Waals surface area contributed by atoms with E-state index in [0.29, 0.717) is 27.0 Å². The summed E-state index contributed by atoms with van der Waals surface area (Å²) in [5, 5.41) is 14.3. The number of nitrogens with zero attached hydrogens (tertiary/aromatic N) is 1. The van der Waals surface area contributed by atoms with Gasteiger partial charge >= 0.3 is 5.97 Å². The molecule has 5 nitrogen and oxygen atoms in total. The number of anilines is 1. The van der Waals surface area contributed by atoms with Gasteiger partial charge in [-0.3, -0.25) is 4.79 Å². The van der Waals surface area contributed by atoms with Gasteiger partial charge in [0.15, 0.2) is 0 Å². The Morgan fingerprint density at radius 3 is 2.49 bits per heavy atom. The van der Waals surface area contributed by atoms with E-state index >= 15 is 0 Å². The largest absolute Gasteiger partial charge is 0.422 e. The monoisotopic (exact) mass is 564 g/mol. The first-order valence-electron chi connectivity index (χ1n) is 10.2. The molecule has 0 unspecified atom stereocenters. The van der Waals surface area contributed by atoms with Crippen molar-refractivity contribution in [3.63, 3.8) is 0 Å². The van der Waals surface area contributed by atoms with Crippen LogP contribution < -0.4 is 10.1 Å². The lowest BCUT2D eigenvalue weighted by Crippen LogP contribution is -2.13. The van der Waals surface area contributed by atoms with Gasteiger partial charge in [-0.05, 0) is 68.7 Å². The van der Waals surface area contributed by atoms with Gasteiger partial charge in [0.2, 0.25) is 0 Å². The lowest BCUT2D eigenvalue weighted by atomic mass is 10.0. The Bertz CT molecular complexity index is 1540. The minimum absolute atomic E-state index is 0.145. The third-order valence-corrected chi connectivity index (χ3v) is 6.48. The van der Waals surface area contributed by atoms with Crippen molar-refractivity contribution in [2.75, 3.05) is 5.32 Å². The number of ether oxygens (including phenoxy) is 1. The number of hydrogen-bond donors (Lipinski definition) is 1. The minimum Gasteiger partial charge on any atom is -0.422 e. The van der Waals surface area contributed by atoms with Crippen LogP contribution in [-0.2, 0) is 4.79 Å². The lowest BCUT2D eigenvalue weighted by molar-refractivity contribution is -0.112. The molecule has 0 fully saturated rings. The third kappa shape index (κ3) is 5.55. The van der Waals surface area contributed by atoms with Gasteiger partial charge in [-0.1, -0.05) is 71.7 Å². The average molecular weight is 566 g/mol. The number of carbonyl (C=O) groups excluding carboxylic acids is 2. The summed E-state index contributed by atoms with van der Waals surface area (Å²) in [5.41, 5.74) is 1.14. The van der Waals surface area contributed by atoms with Crippen LogP contribution in [0.3, 0.4) is 0 Å². The maximum absolute atomic E-state index is 12.8. The van der Waals surface area contributed by atoms with Crippen molar-refractivity contribution in [3.05, 3.63) is 110 Å². The highest BCUT2D eigenvalue weighted by molar-refractivity contribution is 9.10. The van der Waals surface area contributed by atoms with Crippen LogP contribution in [0.15, 0.2) is 88.9 Å². The zero-order valence-electron chi connectivity index (χ0n) is 17.9. The number of rotatable bonds is 5. The summed E-state index contributed by atoms with van der Waals surface area (Å²) in [4.78, 5) is 25.4. The number of hydrogen-bond acceptors (Lipinski definition) is 4. The average Bonchev–Trinajstić information content (AvgIpc) is 2.86. The summed E-state index contributed by atoms with van der Waals surface area (Å²) < 4.78 is 6.08. The van der Waals surface area contributed by atoms with Crippen molar-refractivity contribution < 1.29 is 14.3 Å². The summed E-state index contributed by atoms with van der Waals surface area (Å²) in [7, 11) is 0. The Hall–Kier alpha value is -3.63. The molecule has 172 valence electrons. The molecule has 0 aromatic heterocycles. The highest BCUT2D eigenvalue weighted by Crippen LogP contribution is 2.31. The van der Waals surface area contributed by atoms with Gasteiger partial charge in [-0.15, -0.1) is 0 Å². The maximum atomic E-state index is 12.8. The van der Waals surface area contributed by atoms with E-state index in [1.165, 1.54) is 6.08 Å². The van der Waals surface area contributed by atoms with Crippen molar-refractivity contribution in [1.29, 1.82) is 5.26 Å². The van der Waals surface area contributed by atoms with Crippen molar-refractivity contribution in [2.45, 2.75) is 0 Å². The van der Waals surface area contributed by atoms with Crippen molar-refractivity contribution in [1.82, 2.24) is 0 Å². The topological polar surface area (TPSA) is 79.2 Å². The molecule has 0 radical (unpaired) electrons. The highest BCUT2D eigenvalue weighted by atomic mass is 79.9. The number of halogens is 3. The van der Waals surface area contributed by atoms with Gasteiger partial charge in [-0.25, -0.2) is 4.79 Å². The zero-order valence-corrected chi connectivity index (χ0v) is 21.0. The molecule has 4 rings (SSSR count). The molecule has 0 aliphatic heterocycles. The van der Waals surface area contributed by atoms with E-state index in [4.69, 9.17) is 27.9 Å².